The van der Waals surface area contributed by atoms with Gasteiger partial charge in [-0.2, -0.15) is 0 Å². The van der Waals surface area contributed by atoms with E-state index in [1.54, 1.807) is 6.07 Å². The number of rotatable bonds is 3. The molecule has 6 aromatic rings. The van der Waals surface area contributed by atoms with E-state index in [2.05, 4.69) is 83.4 Å². The Morgan fingerprint density at radius 2 is 1.00 bits per heavy atom. The van der Waals surface area contributed by atoms with Crippen molar-refractivity contribution >= 4 is 21.8 Å². The first-order chi connectivity index (χ1) is 15.8. The number of para-hydroxylation sites is 1. The van der Waals surface area contributed by atoms with Gasteiger partial charge in [-0.25, -0.2) is 0 Å². The van der Waals surface area contributed by atoms with E-state index in [-0.39, 0.29) is 5.75 Å². The monoisotopic (exact) mass is 411 g/mol. The molecule has 0 saturated carbocycles. The number of phenols is 1. The van der Waals surface area contributed by atoms with Gasteiger partial charge in [0.15, 0.2) is 0 Å². The Kier molecular flexibility index (Phi) is 4.29. The topological polar surface area (TPSA) is 25.2 Å². The fraction of sp³-hybridized carbons (Fsp3) is 0. The van der Waals surface area contributed by atoms with Gasteiger partial charge in [0.2, 0.25) is 0 Å². The maximum atomic E-state index is 10.2. The zero-order valence-corrected chi connectivity index (χ0v) is 17.4. The highest BCUT2D eigenvalue weighted by molar-refractivity contribution is 6.10. The van der Waals surface area contributed by atoms with Crippen LogP contribution < -0.4 is 0 Å². The summed E-state index contributed by atoms with van der Waals surface area (Å²) in [7, 11) is 0. The quantitative estimate of drug-likeness (QED) is 0.315. The fourth-order valence-electron chi connectivity index (χ4n) is 4.55. The predicted octanol–water partition coefficient (Wildman–Crippen LogP) is 7.82. The molecule has 6 rings (SSSR count). The highest BCUT2D eigenvalue weighted by Gasteiger charge is 2.14. The van der Waals surface area contributed by atoms with E-state index in [1.807, 2.05) is 36.4 Å². The molecule has 0 aliphatic heterocycles. The van der Waals surface area contributed by atoms with Crippen molar-refractivity contribution in [2.45, 2.75) is 0 Å². The first kappa shape index (κ1) is 18.5. The summed E-state index contributed by atoms with van der Waals surface area (Å²) in [5.41, 5.74) is 7.97. The molecule has 5 aromatic carbocycles. The van der Waals surface area contributed by atoms with Gasteiger partial charge < -0.3 is 9.67 Å². The molecule has 0 radical (unpaired) electrons. The van der Waals surface area contributed by atoms with Crippen molar-refractivity contribution in [3.63, 3.8) is 0 Å². The Bertz CT molecular complexity index is 1560. The van der Waals surface area contributed by atoms with Crippen molar-refractivity contribution in [3.8, 4) is 33.7 Å². The van der Waals surface area contributed by atoms with Crippen molar-refractivity contribution in [2.75, 3.05) is 0 Å². The van der Waals surface area contributed by atoms with Crippen LogP contribution in [-0.4, -0.2) is 9.67 Å². The lowest BCUT2D eigenvalue weighted by Gasteiger charge is -2.10. The molecule has 152 valence electrons. The minimum absolute atomic E-state index is 0.272. The Morgan fingerprint density at radius 3 is 1.75 bits per heavy atom. The maximum Gasteiger partial charge on any atom is 0.117 e. The lowest BCUT2D eigenvalue weighted by molar-refractivity contribution is 0.476. The van der Waals surface area contributed by atoms with Gasteiger partial charge in [-0.1, -0.05) is 78.9 Å². The number of aromatic hydroxyl groups is 1. The van der Waals surface area contributed by atoms with E-state index in [9.17, 15) is 5.11 Å². The fourth-order valence-corrected chi connectivity index (χ4v) is 4.55. The molecule has 1 heterocycles. The summed E-state index contributed by atoms with van der Waals surface area (Å²) in [6, 6.07) is 41.7. The van der Waals surface area contributed by atoms with E-state index in [4.69, 9.17) is 0 Å². The van der Waals surface area contributed by atoms with Crippen LogP contribution in [0.3, 0.4) is 0 Å². The second-order valence-electron chi connectivity index (χ2n) is 8.05. The first-order valence-corrected chi connectivity index (χ1v) is 10.8. The number of hydrogen-bond acceptors (Lipinski definition) is 1. The van der Waals surface area contributed by atoms with E-state index < -0.39 is 0 Å². The maximum absolute atomic E-state index is 10.2. The van der Waals surface area contributed by atoms with Gasteiger partial charge >= 0.3 is 0 Å². The number of phenolic OH excluding ortho intramolecular Hbond substituents is 1. The molecule has 0 spiro atoms. The van der Waals surface area contributed by atoms with Crippen molar-refractivity contribution < 1.29 is 5.11 Å². The zero-order valence-electron chi connectivity index (χ0n) is 17.4. The molecule has 1 aromatic heterocycles. The van der Waals surface area contributed by atoms with Crippen LogP contribution in [0.15, 0.2) is 121 Å². The average molecular weight is 412 g/mol. The van der Waals surface area contributed by atoms with Crippen molar-refractivity contribution in [1.29, 1.82) is 0 Å². The highest BCUT2D eigenvalue weighted by atomic mass is 16.3. The molecule has 2 nitrogen and oxygen atoms in total. The molecule has 0 aliphatic rings. The number of fused-ring (bicyclic) bond motifs is 3. The van der Waals surface area contributed by atoms with Gasteiger partial charge in [0.1, 0.15) is 5.75 Å². The standard InChI is InChI=1S/C30H21NO/c32-26-15-17-28-27-16-14-24(23-11-7-10-22(18-23)21-8-3-1-4-9-21)19-29(27)31(30(28)20-26)25-12-5-2-6-13-25/h1-20,32H. The lowest BCUT2D eigenvalue weighted by Crippen LogP contribution is -1.93. The molecule has 0 unspecified atom stereocenters. The summed E-state index contributed by atoms with van der Waals surface area (Å²) in [5.74, 6) is 0.272. The van der Waals surface area contributed by atoms with Gasteiger partial charge in [0, 0.05) is 22.5 Å². The molecule has 0 amide bonds. The molecular formula is C30H21NO. The molecule has 0 saturated heterocycles. The van der Waals surface area contributed by atoms with Crippen LogP contribution in [0.25, 0.3) is 49.7 Å². The van der Waals surface area contributed by atoms with Gasteiger partial charge in [0.05, 0.1) is 11.0 Å². The Balaban J connectivity index is 1.59. The Morgan fingerprint density at radius 1 is 0.438 bits per heavy atom. The minimum Gasteiger partial charge on any atom is -0.508 e. The van der Waals surface area contributed by atoms with Crippen LogP contribution >= 0.6 is 0 Å². The Hall–Kier alpha value is -4.30. The van der Waals surface area contributed by atoms with Crippen LogP contribution in [0.2, 0.25) is 0 Å². The minimum atomic E-state index is 0.272. The summed E-state index contributed by atoms with van der Waals surface area (Å²) < 4.78 is 2.23. The third-order valence-corrected chi connectivity index (χ3v) is 6.07. The molecule has 0 bridgehead atoms. The molecule has 0 fully saturated rings. The molecule has 2 heteroatoms. The van der Waals surface area contributed by atoms with Crippen LogP contribution in [0, 0.1) is 0 Å². The van der Waals surface area contributed by atoms with Gasteiger partial charge in [-0.05, 0) is 58.7 Å². The summed E-state index contributed by atoms with van der Waals surface area (Å²) in [5, 5.41) is 12.5. The first-order valence-electron chi connectivity index (χ1n) is 10.8. The van der Waals surface area contributed by atoms with Crippen LogP contribution in [-0.2, 0) is 0 Å². The van der Waals surface area contributed by atoms with Crippen molar-refractivity contribution in [3.05, 3.63) is 121 Å². The number of nitrogens with zero attached hydrogens (tertiary/aromatic N) is 1. The summed E-state index contributed by atoms with van der Waals surface area (Å²) in [4.78, 5) is 0. The number of benzene rings is 5. The second-order valence-corrected chi connectivity index (χ2v) is 8.05. The van der Waals surface area contributed by atoms with Gasteiger partial charge in [-0.15, -0.1) is 0 Å². The normalized spacial score (nSPS) is 11.2. The summed E-state index contributed by atoms with van der Waals surface area (Å²) in [6.45, 7) is 0. The second kappa shape index (κ2) is 7.44. The molecule has 1 N–H and O–H groups in total. The summed E-state index contributed by atoms with van der Waals surface area (Å²) >= 11 is 0. The number of aromatic nitrogens is 1. The van der Waals surface area contributed by atoms with Crippen molar-refractivity contribution in [1.82, 2.24) is 4.57 Å². The highest BCUT2D eigenvalue weighted by Crippen LogP contribution is 2.36. The smallest absolute Gasteiger partial charge is 0.117 e. The summed E-state index contributed by atoms with van der Waals surface area (Å²) in [6.07, 6.45) is 0. The molecule has 0 atom stereocenters. The molecule has 0 aliphatic carbocycles. The third-order valence-electron chi connectivity index (χ3n) is 6.07. The van der Waals surface area contributed by atoms with Gasteiger partial charge in [-0.3, -0.25) is 0 Å². The van der Waals surface area contributed by atoms with Crippen molar-refractivity contribution in [2.24, 2.45) is 0 Å². The Labute approximate surface area is 186 Å². The lowest BCUT2D eigenvalue weighted by atomic mass is 9.98. The van der Waals surface area contributed by atoms with Gasteiger partial charge in [0.25, 0.3) is 0 Å². The number of hydrogen-bond donors (Lipinski definition) is 1. The van der Waals surface area contributed by atoms with E-state index in [1.165, 1.54) is 27.6 Å². The average Bonchev–Trinajstić information content (AvgIpc) is 3.17. The van der Waals surface area contributed by atoms with E-state index in [0.29, 0.717) is 0 Å². The molecule has 32 heavy (non-hydrogen) atoms. The predicted molar refractivity (Wildman–Crippen MR) is 133 cm³/mol. The van der Waals surface area contributed by atoms with Crippen LogP contribution in [0.4, 0.5) is 0 Å². The largest absolute Gasteiger partial charge is 0.508 e. The van der Waals surface area contributed by atoms with Crippen LogP contribution in [0.1, 0.15) is 0 Å². The third kappa shape index (κ3) is 3.05. The van der Waals surface area contributed by atoms with E-state index in [0.717, 1.165) is 22.1 Å². The SMILES string of the molecule is Oc1ccc2c3ccc(-c4cccc(-c5ccccc5)c4)cc3n(-c3ccccc3)c2c1. The van der Waals surface area contributed by atoms with Crippen LogP contribution in [0.5, 0.6) is 5.75 Å². The van der Waals surface area contributed by atoms with E-state index >= 15 is 0 Å². The zero-order chi connectivity index (χ0) is 21.5. The molecular weight excluding hydrogens is 390 g/mol.